The fraction of sp³-hybridized carbons (Fsp3) is 0.389. The van der Waals surface area contributed by atoms with Gasteiger partial charge in [-0.15, -0.1) is 5.10 Å². The number of aryl methyl sites for hydroxylation is 1. The SMILES string of the molecule is CCc1nc(S/C(=C/c2ccc(N3CCCCC3)cc2)C(=O)O)n[nH]1. The molecule has 1 aliphatic rings. The number of aliphatic carboxylic acids is 1. The van der Waals surface area contributed by atoms with Crippen LogP contribution in [0.25, 0.3) is 6.08 Å². The van der Waals surface area contributed by atoms with Crippen LogP contribution in [0.5, 0.6) is 0 Å². The van der Waals surface area contributed by atoms with Gasteiger partial charge < -0.3 is 10.0 Å². The number of thioether (sulfide) groups is 1. The van der Waals surface area contributed by atoms with Crippen LogP contribution in [-0.2, 0) is 11.2 Å². The van der Waals surface area contributed by atoms with E-state index < -0.39 is 5.97 Å². The molecule has 1 fully saturated rings. The molecule has 0 aliphatic carbocycles. The molecule has 7 heteroatoms. The van der Waals surface area contributed by atoms with Crippen molar-refractivity contribution in [2.45, 2.75) is 37.8 Å². The minimum atomic E-state index is -0.979. The van der Waals surface area contributed by atoms with E-state index in [4.69, 9.17) is 0 Å². The number of carboxylic acid groups (broad SMARTS) is 1. The first-order chi connectivity index (χ1) is 12.2. The summed E-state index contributed by atoms with van der Waals surface area (Å²) in [5.41, 5.74) is 2.06. The summed E-state index contributed by atoms with van der Waals surface area (Å²) in [4.78, 5) is 18.4. The Morgan fingerprint density at radius 1 is 1.28 bits per heavy atom. The highest BCUT2D eigenvalue weighted by Gasteiger charge is 2.14. The van der Waals surface area contributed by atoms with Gasteiger partial charge in [0.15, 0.2) is 0 Å². The van der Waals surface area contributed by atoms with Gasteiger partial charge in [-0.25, -0.2) is 9.78 Å². The first-order valence-electron chi connectivity index (χ1n) is 8.55. The second kappa shape index (κ2) is 8.20. The highest BCUT2D eigenvalue weighted by Crippen LogP contribution is 2.27. The van der Waals surface area contributed by atoms with Crippen LogP contribution in [0.2, 0.25) is 0 Å². The molecule has 2 N–H and O–H groups in total. The van der Waals surface area contributed by atoms with Gasteiger partial charge in [-0.05, 0) is 54.8 Å². The van der Waals surface area contributed by atoms with Crippen molar-refractivity contribution in [3.8, 4) is 0 Å². The van der Waals surface area contributed by atoms with Crippen molar-refractivity contribution in [1.29, 1.82) is 0 Å². The van der Waals surface area contributed by atoms with Gasteiger partial charge in [0.1, 0.15) is 10.7 Å². The Balaban J connectivity index is 1.74. The highest BCUT2D eigenvalue weighted by atomic mass is 32.2. The Morgan fingerprint density at radius 2 is 2.00 bits per heavy atom. The second-order valence-corrected chi connectivity index (χ2v) is 6.98. The number of nitrogens with zero attached hydrogens (tertiary/aromatic N) is 3. The zero-order valence-corrected chi connectivity index (χ0v) is 15.1. The predicted octanol–water partition coefficient (Wildman–Crippen LogP) is 3.58. The molecule has 1 aromatic carbocycles. The molecular weight excluding hydrogens is 336 g/mol. The lowest BCUT2D eigenvalue weighted by molar-refractivity contribution is -0.131. The molecule has 25 heavy (non-hydrogen) atoms. The lowest BCUT2D eigenvalue weighted by Gasteiger charge is -2.28. The van der Waals surface area contributed by atoms with Crippen LogP contribution in [0.15, 0.2) is 34.3 Å². The summed E-state index contributed by atoms with van der Waals surface area (Å²) in [6.07, 6.45) is 6.17. The first-order valence-corrected chi connectivity index (χ1v) is 9.36. The first kappa shape index (κ1) is 17.5. The molecule has 0 amide bonds. The number of H-pyrrole nitrogens is 1. The number of carboxylic acids is 1. The summed E-state index contributed by atoms with van der Waals surface area (Å²) in [6.45, 7) is 4.15. The predicted molar refractivity (Wildman–Crippen MR) is 99.7 cm³/mol. The standard InChI is InChI=1S/C18H22N4O2S/c1-2-16-19-18(21-20-16)25-15(17(23)24)12-13-6-8-14(9-7-13)22-10-4-3-5-11-22/h6-9,12H,2-5,10-11H2,1H3,(H,23,24)(H,19,20,21)/b15-12+. The summed E-state index contributed by atoms with van der Waals surface area (Å²) in [6, 6.07) is 8.04. The molecule has 3 rings (SSSR count). The molecule has 0 atom stereocenters. The van der Waals surface area contributed by atoms with Crippen molar-refractivity contribution in [2.75, 3.05) is 18.0 Å². The summed E-state index contributed by atoms with van der Waals surface area (Å²) >= 11 is 1.06. The molecule has 2 heterocycles. The lowest BCUT2D eigenvalue weighted by atomic mass is 10.1. The van der Waals surface area contributed by atoms with E-state index >= 15 is 0 Å². The van der Waals surface area contributed by atoms with E-state index in [1.54, 1.807) is 6.08 Å². The number of nitrogens with one attached hydrogen (secondary N) is 1. The molecule has 0 saturated carbocycles. The topological polar surface area (TPSA) is 82.1 Å². The number of benzene rings is 1. The van der Waals surface area contributed by atoms with Gasteiger partial charge in [0.25, 0.3) is 0 Å². The third-order valence-electron chi connectivity index (χ3n) is 4.17. The van der Waals surface area contributed by atoms with Gasteiger partial charge in [-0.2, -0.15) is 0 Å². The minimum Gasteiger partial charge on any atom is -0.477 e. The molecule has 0 bridgehead atoms. The molecule has 0 unspecified atom stereocenters. The number of rotatable bonds is 6. The smallest absolute Gasteiger partial charge is 0.342 e. The van der Waals surface area contributed by atoms with Crippen LogP contribution in [-0.4, -0.2) is 39.3 Å². The quantitative estimate of drug-likeness (QED) is 0.607. The molecular formula is C18H22N4O2S. The van der Waals surface area contributed by atoms with Gasteiger partial charge >= 0.3 is 5.97 Å². The number of hydrogen-bond acceptors (Lipinski definition) is 5. The van der Waals surface area contributed by atoms with Gasteiger partial charge in [0.2, 0.25) is 5.16 Å². The van der Waals surface area contributed by atoms with E-state index in [0.29, 0.717) is 5.16 Å². The molecule has 0 spiro atoms. The number of anilines is 1. The van der Waals surface area contributed by atoms with Gasteiger partial charge in [-0.3, -0.25) is 5.10 Å². The van der Waals surface area contributed by atoms with Crippen LogP contribution < -0.4 is 4.90 Å². The number of aromatic amines is 1. The Hall–Kier alpha value is -2.28. The third kappa shape index (κ3) is 4.63. The second-order valence-electron chi connectivity index (χ2n) is 5.97. The van der Waals surface area contributed by atoms with Crippen LogP contribution in [0.3, 0.4) is 0 Å². The van der Waals surface area contributed by atoms with Crippen LogP contribution in [0, 0.1) is 0 Å². The average molecular weight is 358 g/mol. The molecule has 0 radical (unpaired) electrons. The van der Waals surface area contributed by atoms with Crippen molar-refractivity contribution in [3.05, 3.63) is 40.6 Å². The van der Waals surface area contributed by atoms with E-state index in [9.17, 15) is 9.90 Å². The van der Waals surface area contributed by atoms with Gasteiger partial charge in [0, 0.05) is 25.2 Å². The number of hydrogen-bond donors (Lipinski definition) is 2. The largest absolute Gasteiger partial charge is 0.477 e. The molecule has 1 aliphatic heterocycles. The number of aromatic nitrogens is 3. The Morgan fingerprint density at radius 3 is 2.60 bits per heavy atom. The summed E-state index contributed by atoms with van der Waals surface area (Å²) in [7, 11) is 0. The maximum Gasteiger partial charge on any atom is 0.342 e. The van der Waals surface area contributed by atoms with E-state index in [-0.39, 0.29) is 4.91 Å². The normalized spacial score (nSPS) is 15.4. The van der Waals surface area contributed by atoms with E-state index in [0.717, 1.165) is 42.7 Å². The molecule has 132 valence electrons. The van der Waals surface area contributed by atoms with Crippen LogP contribution >= 0.6 is 11.8 Å². The number of piperidine rings is 1. The van der Waals surface area contributed by atoms with Crippen molar-refractivity contribution >= 4 is 29.5 Å². The summed E-state index contributed by atoms with van der Waals surface area (Å²) < 4.78 is 0. The van der Waals surface area contributed by atoms with Crippen molar-refractivity contribution in [2.24, 2.45) is 0 Å². The molecule has 1 aromatic heterocycles. The van der Waals surface area contributed by atoms with Crippen molar-refractivity contribution in [1.82, 2.24) is 15.2 Å². The Kier molecular flexibility index (Phi) is 5.75. The van der Waals surface area contributed by atoms with E-state index in [1.165, 1.54) is 24.9 Å². The van der Waals surface area contributed by atoms with Crippen LogP contribution in [0.4, 0.5) is 5.69 Å². The molecule has 1 saturated heterocycles. The van der Waals surface area contributed by atoms with Crippen molar-refractivity contribution < 1.29 is 9.90 Å². The fourth-order valence-electron chi connectivity index (χ4n) is 2.80. The highest BCUT2D eigenvalue weighted by molar-refractivity contribution is 8.04. The maximum atomic E-state index is 11.5. The average Bonchev–Trinajstić information content (AvgIpc) is 3.10. The Labute approximate surface area is 151 Å². The summed E-state index contributed by atoms with van der Waals surface area (Å²) in [5.74, 6) is -0.230. The van der Waals surface area contributed by atoms with Gasteiger partial charge in [-0.1, -0.05) is 19.1 Å². The molecule has 2 aromatic rings. The zero-order valence-electron chi connectivity index (χ0n) is 14.2. The molecule has 6 nitrogen and oxygen atoms in total. The Bertz CT molecular complexity index is 749. The number of carbonyl (C=O) groups is 1. The fourth-order valence-corrected chi connectivity index (χ4v) is 3.53. The van der Waals surface area contributed by atoms with Crippen LogP contribution in [0.1, 0.15) is 37.6 Å². The summed E-state index contributed by atoms with van der Waals surface area (Å²) in [5, 5.41) is 16.7. The minimum absolute atomic E-state index is 0.201. The maximum absolute atomic E-state index is 11.5. The zero-order chi connectivity index (χ0) is 17.6. The third-order valence-corrected chi connectivity index (χ3v) is 5.05. The van der Waals surface area contributed by atoms with E-state index in [1.807, 2.05) is 19.1 Å². The monoisotopic (exact) mass is 358 g/mol. The van der Waals surface area contributed by atoms with Crippen molar-refractivity contribution in [3.63, 3.8) is 0 Å². The van der Waals surface area contributed by atoms with E-state index in [2.05, 4.69) is 32.2 Å². The van der Waals surface area contributed by atoms with Gasteiger partial charge in [0.05, 0.1) is 0 Å². The lowest BCUT2D eigenvalue weighted by Crippen LogP contribution is -2.29.